The molecule has 0 bridgehead atoms. The Kier molecular flexibility index (Phi) is 10.1. The third kappa shape index (κ3) is 8.13. The molecule has 0 aliphatic heterocycles. The molecule has 1 aliphatic rings. The molecule has 36 heavy (non-hydrogen) atoms. The summed E-state index contributed by atoms with van der Waals surface area (Å²) in [5, 5.41) is 0. The van der Waals surface area contributed by atoms with Gasteiger partial charge in [-0.1, -0.05) is 87.3 Å². The molecule has 0 radical (unpaired) electrons. The molecule has 0 unspecified atom stereocenters. The van der Waals surface area contributed by atoms with Gasteiger partial charge in [0, 0.05) is 5.41 Å². The average molecular weight is 537 g/mol. The Balaban J connectivity index is 1.74. The Morgan fingerprint density at radius 2 is 1.19 bits per heavy atom. The molecule has 0 N–H and O–H groups in total. The summed E-state index contributed by atoms with van der Waals surface area (Å²) in [5.74, 6) is 0.683. The highest BCUT2D eigenvalue weighted by Crippen LogP contribution is 2.35. The summed E-state index contributed by atoms with van der Waals surface area (Å²) in [7, 11) is -7.96. The lowest BCUT2D eigenvalue weighted by molar-refractivity contribution is 0.0677. The van der Waals surface area contributed by atoms with Gasteiger partial charge in [-0.05, 0) is 56.9 Å². The standard InChI is InChI=1S/C28H40O6S2/c1-4-28(20-8-11-25-9-6-5-7-10-25,21-33-35(29,30)26-16-12-23(2)13-17-26)22-34-36(31,32)27-18-14-24(3)15-19-27/h12-19,25H,4-11,20-22H2,1-3H3. The molecule has 2 aromatic carbocycles. The maximum absolute atomic E-state index is 12.9. The van der Waals surface area contributed by atoms with Crippen LogP contribution in [-0.4, -0.2) is 30.0 Å². The summed E-state index contributed by atoms with van der Waals surface area (Å²) in [4.78, 5) is 0.182. The monoisotopic (exact) mass is 536 g/mol. The van der Waals surface area contributed by atoms with Gasteiger partial charge in [0.25, 0.3) is 20.2 Å². The molecule has 1 aliphatic carbocycles. The highest BCUT2D eigenvalue weighted by Gasteiger charge is 2.34. The van der Waals surface area contributed by atoms with Crippen molar-refractivity contribution in [1.82, 2.24) is 0 Å². The summed E-state index contributed by atoms with van der Waals surface area (Å²) in [6, 6.07) is 13.0. The molecule has 1 saturated carbocycles. The third-order valence-corrected chi connectivity index (χ3v) is 10.0. The minimum atomic E-state index is -3.98. The van der Waals surface area contributed by atoms with Gasteiger partial charge in [-0.3, -0.25) is 8.37 Å². The third-order valence-electron chi connectivity index (χ3n) is 7.45. The van der Waals surface area contributed by atoms with E-state index in [-0.39, 0.29) is 23.0 Å². The Morgan fingerprint density at radius 1 is 0.750 bits per heavy atom. The quantitative estimate of drug-likeness (QED) is 0.269. The molecule has 8 heteroatoms. The number of benzene rings is 2. The normalized spacial score (nSPS) is 15.8. The van der Waals surface area contributed by atoms with Gasteiger partial charge in [-0.15, -0.1) is 0 Å². The summed E-state index contributed by atoms with van der Waals surface area (Å²) >= 11 is 0. The van der Waals surface area contributed by atoms with Gasteiger partial charge in [0.05, 0.1) is 23.0 Å². The van der Waals surface area contributed by atoms with Crippen molar-refractivity contribution in [2.45, 2.75) is 88.3 Å². The van der Waals surface area contributed by atoms with Crippen molar-refractivity contribution in [3.05, 3.63) is 59.7 Å². The first-order chi connectivity index (χ1) is 17.1. The molecule has 0 atom stereocenters. The lowest BCUT2D eigenvalue weighted by atomic mass is 9.79. The number of rotatable bonds is 13. The smallest absolute Gasteiger partial charge is 0.266 e. The second-order valence-corrected chi connectivity index (χ2v) is 13.5. The Morgan fingerprint density at radius 3 is 1.61 bits per heavy atom. The second kappa shape index (κ2) is 12.7. The van der Waals surface area contributed by atoms with E-state index >= 15 is 0 Å². The molecule has 200 valence electrons. The molecule has 3 rings (SSSR count). The van der Waals surface area contributed by atoms with Crippen LogP contribution in [0.15, 0.2) is 58.3 Å². The molecule has 0 amide bonds. The van der Waals surface area contributed by atoms with Crippen LogP contribution in [0.5, 0.6) is 0 Å². The maximum Gasteiger partial charge on any atom is 0.296 e. The first-order valence-electron chi connectivity index (χ1n) is 13.0. The number of hydrogen-bond donors (Lipinski definition) is 0. The van der Waals surface area contributed by atoms with E-state index in [1.54, 1.807) is 24.3 Å². The van der Waals surface area contributed by atoms with Gasteiger partial charge in [0.1, 0.15) is 0 Å². The van der Waals surface area contributed by atoms with Gasteiger partial charge in [0.2, 0.25) is 0 Å². The summed E-state index contributed by atoms with van der Waals surface area (Å²) in [6.07, 6.45) is 9.38. The van der Waals surface area contributed by atoms with Crippen molar-refractivity contribution in [3.8, 4) is 0 Å². The van der Waals surface area contributed by atoms with E-state index in [0.717, 1.165) is 24.0 Å². The highest BCUT2D eigenvalue weighted by atomic mass is 32.2. The average Bonchev–Trinajstić information content (AvgIpc) is 2.87. The van der Waals surface area contributed by atoms with E-state index in [1.165, 1.54) is 56.4 Å². The zero-order valence-corrected chi connectivity index (χ0v) is 23.4. The van der Waals surface area contributed by atoms with Crippen LogP contribution >= 0.6 is 0 Å². The molecular weight excluding hydrogens is 496 g/mol. The lowest BCUT2D eigenvalue weighted by Gasteiger charge is -2.32. The van der Waals surface area contributed by atoms with Gasteiger partial charge < -0.3 is 0 Å². The van der Waals surface area contributed by atoms with E-state index in [1.807, 2.05) is 20.8 Å². The highest BCUT2D eigenvalue weighted by molar-refractivity contribution is 7.87. The summed E-state index contributed by atoms with van der Waals surface area (Å²) in [6.45, 7) is 5.45. The first-order valence-corrected chi connectivity index (χ1v) is 15.8. The summed E-state index contributed by atoms with van der Waals surface area (Å²) < 4.78 is 62.7. The number of hydrogen-bond acceptors (Lipinski definition) is 6. The van der Waals surface area contributed by atoms with Gasteiger partial charge >= 0.3 is 0 Å². The zero-order chi connectivity index (χ0) is 26.2. The first kappa shape index (κ1) is 28.8. The van der Waals surface area contributed by atoms with Crippen LogP contribution in [0.25, 0.3) is 0 Å². The van der Waals surface area contributed by atoms with Crippen LogP contribution in [0, 0.1) is 25.2 Å². The Bertz CT molecular complexity index is 1080. The number of aryl methyl sites for hydroxylation is 2. The zero-order valence-electron chi connectivity index (χ0n) is 21.7. The largest absolute Gasteiger partial charge is 0.296 e. The van der Waals surface area contributed by atoms with Crippen molar-refractivity contribution in [3.63, 3.8) is 0 Å². The van der Waals surface area contributed by atoms with E-state index in [4.69, 9.17) is 8.37 Å². The van der Waals surface area contributed by atoms with Crippen molar-refractivity contribution in [1.29, 1.82) is 0 Å². The molecule has 6 nitrogen and oxygen atoms in total. The minimum absolute atomic E-state index is 0.0912. The second-order valence-electron chi connectivity index (χ2n) is 10.3. The fourth-order valence-corrected chi connectivity index (χ4v) is 6.78. The Labute approximate surface area is 217 Å². The van der Waals surface area contributed by atoms with Crippen LogP contribution in [0.1, 0.15) is 75.8 Å². The van der Waals surface area contributed by atoms with Crippen LogP contribution in [0.4, 0.5) is 0 Å². The molecular formula is C28H40O6S2. The van der Waals surface area contributed by atoms with Crippen LogP contribution in [0.3, 0.4) is 0 Å². The van der Waals surface area contributed by atoms with E-state index in [2.05, 4.69) is 0 Å². The van der Waals surface area contributed by atoms with Gasteiger partial charge in [0.15, 0.2) is 0 Å². The fourth-order valence-electron chi connectivity index (χ4n) is 4.76. The van der Waals surface area contributed by atoms with E-state index < -0.39 is 25.7 Å². The molecule has 0 heterocycles. The van der Waals surface area contributed by atoms with Crippen LogP contribution < -0.4 is 0 Å². The van der Waals surface area contributed by atoms with Crippen molar-refractivity contribution in [2.75, 3.05) is 13.2 Å². The van der Waals surface area contributed by atoms with E-state index in [0.29, 0.717) is 18.8 Å². The summed E-state index contributed by atoms with van der Waals surface area (Å²) in [5.41, 5.74) is 1.16. The van der Waals surface area contributed by atoms with Crippen molar-refractivity contribution < 1.29 is 25.2 Å². The lowest BCUT2D eigenvalue weighted by Crippen LogP contribution is -2.34. The predicted molar refractivity (Wildman–Crippen MR) is 142 cm³/mol. The van der Waals surface area contributed by atoms with Gasteiger partial charge in [-0.25, -0.2) is 0 Å². The molecule has 0 saturated heterocycles. The van der Waals surface area contributed by atoms with Crippen molar-refractivity contribution in [2.24, 2.45) is 11.3 Å². The fraction of sp³-hybridized carbons (Fsp3) is 0.571. The van der Waals surface area contributed by atoms with Gasteiger partial charge in [-0.2, -0.15) is 16.8 Å². The maximum atomic E-state index is 12.9. The SMILES string of the molecule is CCC(CCCC1CCCCC1)(COS(=O)(=O)c1ccc(C)cc1)COS(=O)(=O)c1ccc(C)cc1. The molecule has 0 aromatic heterocycles. The van der Waals surface area contributed by atoms with E-state index in [9.17, 15) is 16.8 Å². The molecule has 0 spiro atoms. The van der Waals surface area contributed by atoms with Crippen LogP contribution in [0.2, 0.25) is 0 Å². The Hall–Kier alpha value is -1.74. The predicted octanol–water partition coefficient (Wildman–Crippen LogP) is 6.56. The topological polar surface area (TPSA) is 86.7 Å². The molecule has 1 fully saturated rings. The van der Waals surface area contributed by atoms with Crippen molar-refractivity contribution >= 4 is 20.2 Å². The van der Waals surface area contributed by atoms with Crippen LogP contribution in [-0.2, 0) is 28.6 Å². The minimum Gasteiger partial charge on any atom is -0.266 e. The molecule has 2 aromatic rings.